The highest BCUT2D eigenvalue weighted by Crippen LogP contribution is 2.43. The predicted octanol–water partition coefficient (Wildman–Crippen LogP) is 9.68. The summed E-state index contributed by atoms with van der Waals surface area (Å²) in [5, 5.41) is 0. The first-order valence-corrected chi connectivity index (χ1v) is 20.3. The van der Waals surface area contributed by atoms with Crippen LogP contribution in [0, 0.1) is 0 Å². The Balaban J connectivity index is 4.01. The number of hydrogen-bond donors (Lipinski definition) is 1. The fourth-order valence-corrected chi connectivity index (χ4v) is 5.85. The molecule has 0 aromatic heterocycles. The number of carbonyl (C=O) groups is 2. The van der Waals surface area contributed by atoms with Gasteiger partial charge in [-0.3, -0.25) is 18.6 Å². The summed E-state index contributed by atoms with van der Waals surface area (Å²) in [6.07, 6.45) is 27.0. The van der Waals surface area contributed by atoms with Crippen LogP contribution in [0.3, 0.4) is 0 Å². The number of hydrogen-bond acceptors (Lipinski definition) is 7. The Kier molecular flexibility index (Phi) is 29.4. The Labute approximate surface area is 283 Å². The molecule has 0 aliphatic carbocycles. The van der Waals surface area contributed by atoms with Crippen molar-refractivity contribution in [3.8, 4) is 0 Å². The molecule has 0 saturated heterocycles. The SMILES string of the molecule is CCCCCCCCCCCCCCCCCCCCCCC(=O)OC(COC(=O)CCCC)COP(=O)(O)OCC[N+](C)(C)C. The number of esters is 2. The van der Waals surface area contributed by atoms with E-state index < -0.39 is 32.5 Å². The van der Waals surface area contributed by atoms with Crippen LogP contribution in [0.1, 0.15) is 168 Å². The number of ether oxygens (including phenoxy) is 2. The lowest BCUT2D eigenvalue weighted by molar-refractivity contribution is -0.870. The molecule has 0 aliphatic rings. The second kappa shape index (κ2) is 30.1. The van der Waals surface area contributed by atoms with E-state index in [4.69, 9.17) is 18.5 Å². The van der Waals surface area contributed by atoms with Gasteiger partial charge in [0.2, 0.25) is 0 Å². The quantitative estimate of drug-likeness (QED) is 0.0310. The van der Waals surface area contributed by atoms with Crippen molar-refractivity contribution in [3.63, 3.8) is 0 Å². The highest BCUT2D eigenvalue weighted by atomic mass is 31.2. The lowest BCUT2D eigenvalue weighted by Gasteiger charge is -2.24. The molecule has 274 valence electrons. The Hall–Kier alpha value is -0.990. The van der Waals surface area contributed by atoms with Gasteiger partial charge in [-0.1, -0.05) is 142 Å². The first-order valence-electron chi connectivity index (χ1n) is 18.8. The third kappa shape index (κ3) is 32.9. The number of rotatable bonds is 34. The van der Waals surface area contributed by atoms with Gasteiger partial charge in [0.25, 0.3) is 0 Å². The minimum Gasteiger partial charge on any atom is -0.462 e. The molecule has 0 bridgehead atoms. The van der Waals surface area contributed by atoms with Gasteiger partial charge < -0.3 is 18.9 Å². The fraction of sp³-hybridized carbons (Fsp3) is 0.944. The number of unbranched alkanes of at least 4 members (excludes halogenated alkanes) is 20. The highest BCUT2D eigenvalue weighted by molar-refractivity contribution is 7.47. The van der Waals surface area contributed by atoms with E-state index in [1.165, 1.54) is 109 Å². The van der Waals surface area contributed by atoms with Crippen LogP contribution < -0.4 is 0 Å². The summed E-state index contributed by atoms with van der Waals surface area (Å²) in [5.74, 6) is -0.831. The Morgan fingerprint density at radius 1 is 0.587 bits per heavy atom. The molecule has 1 N–H and O–H groups in total. The zero-order valence-corrected chi connectivity index (χ0v) is 31.5. The molecular weight excluding hydrogens is 605 g/mol. The molecule has 0 aliphatic heterocycles. The molecule has 0 radical (unpaired) electrons. The van der Waals surface area contributed by atoms with Gasteiger partial charge in [0.1, 0.15) is 19.8 Å². The lowest BCUT2D eigenvalue weighted by atomic mass is 10.0. The van der Waals surface area contributed by atoms with E-state index in [1.54, 1.807) is 0 Å². The molecule has 46 heavy (non-hydrogen) atoms. The molecule has 10 heteroatoms. The smallest absolute Gasteiger partial charge is 0.462 e. The zero-order chi connectivity index (χ0) is 34.4. The number of nitrogens with zero attached hydrogens (tertiary/aromatic N) is 1. The first-order chi connectivity index (χ1) is 22.0. The molecule has 0 spiro atoms. The van der Waals surface area contributed by atoms with Crippen molar-refractivity contribution in [1.82, 2.24) is 0 Å². The van der Waals surface area contributed by atoms with Gasteiger partial charge in [0.05, 0.1) is 27.7 Å². The average molecular weight is 679 g/mol. The number of carbonyl (C=O) groups excluding carboxylic acids is 2. The van der Waals surface area contributed by atoms with Crippen LogP contribution in [0.4, 0.5) is 0 Å². The normalized spacial score (nSPS) is 13.8. The molecule has 0 saturated carbocycles. The van der Waals surface area contributed by atoms with Crippen LogP contribution in [0.15, 0.2) is 0 Å². The Morgan fingerprint density at radius 2 is 1.00 bits per heavy atom. The summed E-state index contributed by atoms with van der Waals surface area (Å²) >= 11 is 0. The molecule has 9 nitrogen and oxygen atoms in total. The largest absolute Gasteiger partial charge is 0.472 e. The van der Waals surface area contributed by atoms with E-state index in [2.05, 4.69) is 6.92 Å². The van der Waals surface area contributed by atoms with Gasteiger partial charge in [-0.05, 0) is 12.8 Å². The molecule has 0 aromatic carbocycles. The minimum atomic E-state index is -4.34. The van der Waals surface area contributed by atoms with Crippen LogP contribution in [0.25, 0.3) is 0 Å². The fourth-order valence-electron chi connectivity index (χ4n) is 5.11. The van der Waals surface area contributed by atoms with Crippen LogP contribution in [-0.2, 0) is 32.7 Å². The molecular formula is C36H73NO8P+. The predicted molar refractivity (Wildman–Crippen MR) is 188 cm³/mol. The van der Waals surface area contributed by atoms with Crippen LogP contribution in [0.5, 0.6) is 0 Å². The Morgan fingerprint density at radius 3 is 1.43 bits per heavy atom. The van der Waals surface area contributed by atoms with E-state index in [9.17, 15) is 19.0 Å². The van der Waals surface area contributed by atoms with E-state index >= 15 is 0 Å². The minimum absolute atomic E-state index is 0.0349. The van der Waals surface area contributed by atoms with Gasteiger partial charge in [0, 0.05) is 12.8 Å². The second-order valence-electron chi connectivity index (χ2n) is 14.0. The van der Waals surface area contributed by atoms with Crippen molar-refractivity contribution in [3.05, 3.63) is 0 Å². The van der Waals surface area contributed by atoms with Crippen molar-refractivity contribution < 1.29 is 42.1 Å². The summed E-state index contributed by atoms with van der Waals surface area (Å²) in [6, 6.07) is 0. The summed E-state index contributed by atoms with van der Waals surface area (Å²) in [5.41, 5.74) is 0. The number of phosphoric acid groups is 1. The molecule has 0 fully saturated rings. The standard InChI is InChI=1S/C36H72NO8P/c1-6-8-10-11-12-13-14-15-16-17-18-19-20-21-22-23-24-25-26-27-29-36(39)45-34(32-42-35(38)28-9-7-2)33-44-46(40,41)43-31-30-37(3,4)5/h34H,6-33H2,1-5H3/p+1. The molecule has 0 amide bonds. The second-order valence-corrected chi connectivity index (χ2v) is 15.4. The van der Waals surface area contributed by atoms with E-state index in [0.29, 0.717) is 23.9 Å². The van der Waals surface area contributed by atoms with Crippen molar-refractivity contribution >= 4 is 19.8 Å². The van der Waals surface area contributed by atoms with Crippen molar-refractivity contribution in [2.24, 2.45) is 0 Å². The van der Waals surface area contributed by atoms with Crippen molar-refractivity contribution in [2.45, 2.75) is 174 Å². The van der Waals surface area contributed by atoms with Crippen LogP contribution >= 0.6 is 7.82 Å². The number of phosphoric ester groups is 1. The number of likely N-dealkylation sites (N-methyl/N-ethyl adjacent to an activating group) is 1. The van der Waals surface area contributed by atoms with E-state index in [0.717, 1.165) is 19.3 Å². The van der Waals surface area contributed by atoms with Gasteiger partial charge in [-0.15, -0.1) is 0 Å². The van der Waals surface area contributed by atoms with Gasteiger partial charge in [-0.25, -0.2) is 4.57 Å². The zero-order valence-electron chi connectivity index (χ0n) is 30.6. The lowest BCUT2D eigenvalue weighted by Crippen LogP contribution is -2.37. The summed E-state index contributed by atoms with van der Waals surface area (Å²) in [7, 11) is 1.48. The maximum Gasteiger partial charge on any atom is 0.472 e. The summed E-state index contributed by atoms with van der Waals surface area (Å²) in [6.45, 7) is 4.17. The molecule has 2 unspecified atom stereocenters. The third-order valence-corrected chi connectivity index (χ3v) is 9.12. The maximum absolute atomic E-state index is 12.5. The van der Waals surface area contributed by atoms with Gasteiger partial charge in [-0.2, -0.15) is 0 Å². The van der Waals surface area contributed by atoms with Crippen LogP contribution in [-0.4, -0.2) is 74.9 Å². The maximum atomic E-state index is 12.5. The van der Waals surface area contributed by atoms with Gasteiger partial charge >= 0.3 is 19.8 Å². The highest BCUT2D eigenvalue weighted by Gasteiger charge is 2.27. The summed E-state index contributed by atoms with van der Waals surface area (Å²) < 4.78 is 33.7. The molecule has 0 heterocycles. The Bertz CT molecular complexity index is 774. The number of quaternary nitrogens is 1. The van der Waals surface area contributed by atoms with E-state index in [-0.39, 0.29) is 26.1 Å². The van der Waals surface area contributed by atoms with Crippen LogP contribution in [0.2, 0.25) is 0 Å². The molecule has 0 aromatic rings. The first kappa shape index (κ1) is 45.0. The molecule has 2 atom stereocenters. The topological polar surface area (TPSA) is 108 Å². The van der Waals surface area contributed by atoms with Gasteiger partial charge in [0.15, 0.2) is 6.10 Å². The summed E-state index contributed by atoms with van der Waals surface area (Å²) in [4.78, 5) is 34.5. The average Bonchev–Trinajstić information content (AvgIpc) is 2.99. The monoisotopic (exact) mass is 679 g/mol. The third-order valence-electron chi connectivity index (χ3n) is 8.14. The molecule has 0 rings (SSSR count). The van der Waals surface area contributed by atoms with E-state index in [1.807, 2.05) is 28.1 Å². The van der Waals surface area contributed by atoms with Crippen molar-refractivity contribution in [2.75, 3.05) is 47.5 Å². The van der Waals surface area contributed by atoms with Crippen molar-refractivity contribution in [1.29, 1.82) is 0 Å².